The molecule has 1 aliphatic carbocycles. The number of aryl methyl sites for hydroxylation is 1. The van der Waals surface area contributed by atoms with Crippen LogP contribution >= 0.6 is 0 Å². The Kier molecular flexibility index (Phi) is 2.92. The molecule has 1 heterocycles. The van der Waals surface area contributed by atoms with E-state index in [0.717, 1.165) is 6.42 Å². The molecule has 0 bridgehead atoms. The summed E-state index contributed by atoms with van der Waals surface area (Å²) in [5.41, 5.74) is 4.18. The normalized spacial score (nSPS) is 19.1. The summed E-state index contributed by atoms with van der Waals surface area (Å²) >= 11 is 0. The lowest BCUT2D eigenvalue weighted by molar-refractivity contribution is 0.418. The van der Waals surface area contributed by atoms with Crippen molar-refractivity contribution >= 4 is 0 Å². The van der Waals surface area contributed by atoms with Gasteiger partial charge in [-0.1, -0.05) is 24.3 Å². The molecule has 0 saturated heterocycles. The monoisotopic (exact) mass is 241 g/mol. The Morgan fingerprint density at radius 2 is 2.22 bits per heavy atom. The molecule has 94 valence electrons. The van der Waals surface area contributed by atoms with Crippen LogP contribution in [-0.4, -0.2) is 22.9 Å². The van der Waals surface area contributed by atoms with Crippen LogP contribution in [0.3, 0.4) is 0 Å². The molecular formula is C15H19N3. The van der Waals surface area contributed by atoms with Crippen LogP contribution in [0.15, 0.2) is 36.5 Å². The highest BCUT2D eigenvalue weighted by Gasteiger charge is 2.32. The quantitative estimate of drug-likeness (QED) is 0.886. The number of hydrogen-bond donors (Lipinski definition) is 1. The lowest BCUT2D eigenvalue weighted by Gasteiger charge is -2.36. The van der Waals surface area contributed by atoms with Gasteiger partial charge in [-0.05, 0) is 30.7 Å². The van der Waals surface area contributed by atoms with E-state index in [1.54, 1.807) is 0 Å². The molecule has 3 rings (SSSR count). The molecule has 2 aromatic rings. The van der Waals surface area contributed by atoms with Crippen LogP contribution in [0.1, 0.15) is 22.7 Å². The van der Waals surface area contributed by atoms with Crippen molar-refractivity contribution in [2.45, 2.75) is 24.8 Å². The highest BCUT2D eigenvalue weighted by molar-refractivity contribution is 5.41. The van der Waals surface area contributed by atoms with Gasteiger partial charge >= 0.3 is 0 Å². The summed E-state index contributed by atoms with van der Waals surface area (Å²) < 4.78 is 1.87. The highest BCUT2D eigenvalue weighted by Crippen LogP contribution is 2.37. The maximum Gasteiger partial charge on any atom is 0.0640 e. The third-order valence-electron chi connectivity index (χ3n) is 3.95. The summed E-state index contributed by atoms with van der Waals surface area (Å²) in [6, 6.07) is 11.3. The molecule has 2 unspecified atom stereocenters. The molecule has 0 spiro atoms. The van der Waals surface area contributed by atoms with E-state index in [0.29, 0.717) is 12.0 Å². The maximum atomic E-state index is 4.47. The van der Waals surface area contributed by atoms with Gasteiger partial charge < -0.3 is 5.32 Å². The number of nitrogens with one attached hydrogen (secondary N) is 1. The van der Waals surface area contributed by atoms with Crippen molar-refractivity contribution in [2.24, 2.45) is 7.05 Å². The van der Waals surface area contributed by atoms with Gasteiger partial charge in [0.1, 0.15) is 0 Å². The first-order chi connectivity index (χ1) is 8.78. The first kappa shape index (κ1) is 11.5. The van der Waals surface area contributed by atoms with E-state index < -0.39 is 0 Å². The Morgan fingerprint density at radius 3 is 2.89 bits per heavy atom. The van der Waals surface area contributed by atoms with Crippen molar-refractivity contribution in [3.63, 3.8) is 0 Å². The predicted octanol–water partition coefficient (Wildman–Crippen LogP) is 1.89. The van der Waals surface area contributed by atoms with Crippen molar-refractivity contribution in [1.29, 1.82) is 0 Å². The third kappa shape index (κ3) is 1.95. The molecule has 3 nitrogen and oxygen atoms in total. The average molecular weight is 241 g/mol. The molecule has 0 radical (unpaired) electrons. The van der Waals surface area contributed by atoms with Crippen molar-refractivity contribution in [3.8, 4) is 0 Å². The summed E-state index contributed by atoms with van der Waals surface area (Å²) in [4.78, 5) is 0. The van der Waals surface area contributed by atoms with Crippen molar-refractivity contribution < 1.29 is 0 Å². The topological polar surface area (TPSA) is 29.9 Å². The fraction of sp³-hybridized carbons (Fsp3) is 0.400. The van der Waals surface area contributed by atoms with Gasteiger partial charge in [0.15, 0.2) is 0 Å². The average Bonchev–Trinajstić information content (AvgIpc) is 2.75. The summed E-state index contributed by atoms with van der Waals surface area (Å²) in [6.45, 7) is 0. The van der Waals surface area contributed by atoms with Gasteiger partial charge in [0, 0.05) is 31.6 Å². The first-order valence-corrected chi connectivity index (χ1v) is 6.51. The lowest BCUT2D eigenvalue weighted by atomic mass is 9.72. The van der Waals surface area contributed by atoms with E-state index in [2.05, 4.69) is 47.8 Å². The number of fused-ring (bicyclic) bond motifs is 1. The van der Waals surface area contributed by atoms with Gasteiger partial charge in [-0.2, -0.15) is 5.10 Å². The van der Waals surface area contributed by atoms with Crippen LogP contribution in [0.4, 0.5) is 0 Å². The molecular weight excluding hydrogens is 222 g/mol. The lowest BCUT2D eigenvalue weighted by Crippen LogP contribution is -2.39. The smallest absolute Gasteiger partial charge is 0.0640 e. The van der Waals surface area contributed by atoms with Crippen molar-refractivity contribution in [3.05, 3.63) is 53.3 Å². The number of nitrogens with zero attached hydrogens (tertiary/aromatic N) is 2. The Bertz CT molecular complexity index is 544. The number of benzene rings is 1. The van der Waals surface area contributed by atoms with E-state index in [1.165, 1.54) is 23.2 Å². The van der Waals surface area contributed by atoms with Crippen LogP contribution in [0.25, 0.3) is 0 Å². The van der Waals surface area contributed by atoms with E-state index in [9.17, 15) is 0 Å². The molecule has 1 aromatic carbocycles. The SMILES string of the molecule is CNC(Cc1ccn(C)n1)C1Cc2ccccc21. The minimum absolute atomic E-state index is 0.481. The van der Waals surface area contributed by atoms with Gasteiger partial charge in [-0.25, -0.2) is 0 Å². The highest BCUT2D eigenvalue weighted by atomic mass is 15.2. The van der Waals surface area contributed by atoms with Crippen LogP contribution in [0.2, 0.25) is 0 Å². The Hall–Kier alpha value is -1.61. The molecule has 3 heteroatoms. The van der Waals surface area contributed by atoms with Gasteiger partial charge in [0.2, 0.25) is 0 Å². The molecule has 1 N–H and O–H groups in total. The van der Waals surface area contributed by atoms with Crippen molar-refractivity contribution in [1.82, 2.24) is 15.1 Å². The minimum Gasteiger partial charge on any atom is -0.316 e. The van der Waals surface area contributed by atoms with Crippen LogP contribution in [0.5, 0.6) is 0 Å². The molecule has 0 amide bonds. The summed E-state index contributed by atoms with van der Waals surface area (Å²) in [7, 11) is 4.02. The van der Waals surface area contributed by atoms with Gasteiger partial charge in [-0.15, -0.1) is 0 Å². The van der Waals surface area contributed by atoms with E-state index >= 15 is 0 Å². The fourth-order valence-electron chi connectivity index (χ4n) is 2.90. The molecule has 0 saturated carbocycles. The van der Waals surface area contributed by atoms with Gasteiger partial charge in [0.25, 0.3) is 0 Å². The minimum atomic E-state index is 0.481. The molecule has 0 fully saturated rings. The summed E-state index contributed by atoms with van der Waals surface area (Å²) in [5.74, 6) is 0.633. The fourth-order valence-corrected chi connectivity index (χ4v) is 2.90. The first-order valence-electron chi connectivity index (χ1n) is 6.51. The number of rotatable bonds is 4. The number of likely N-dealkylation sites (N-methyl/N-ethyl adjacent to an activating group) is 1. The van der Waals surface area contributed by atoms with Gasteiger partial charge in [-0.3, -0.25) is 4.68 Å². The van der Waals surface area contributed by atoms with E-state index in [1.807, 2.05) is 17.9 Å². The van der Waals surface area contributed by atoms with Crippen LogP contribution in [-0.2, 0) is 19.9 Å². The standard InChI is InChI=1S/C15H19N3/c1-16-15(10-12-7-8-18(2)17-12)14-9-11-5-3-4-6-13(11)14/h3-8,14-16H,9-10H2,1-2H3. The van der Waals surface area contributed by atoms with E-state index in [-0.39, 0.29) is 0 Å². The zero-order valence-electron chi connectivity index (χ0n) is 10.9. The largest absolute Gasteiger partial charge is 0.316 e. The van der Waals surface area contributed by atoms with Crippen LogP contribution < -0.4 is 5.32 Å². The molecule has 18 heavy (non-hydrogen) atoms. The molecule has 1 aliphatic rings. The molecule has 1 aromatic heterocycles. The van der Waals surface area contributed by atoms with E-state index in [4.69, 9.17) is 0 Å². The molecule has 0 aliphatic heterocycles. The Balaban J connectivity index is 1.75. The van der Waals surface area contributed by atoms with Crippen LogP contribution in [0, 0.1) is 0 Å². The zero-order chi connectivity index (χ0) is 12.5. The molecule has 2 atom stereocenters. The Labute approximate surface area is 108 Å². The second-order valence-corrected chi connectivity index (χ2v) is 5.09. The second kappa shape index (κ2) is 4.58. The number of hydrogen-bond acceptors (Lipinski definition) is 2. The third-order valence-corrected chi connectivity index (χ3v) is 3.95. The Morgan fingerprint density at radius 1 is 1.39 bits per heavy atom. The zero-order valence-corrected chi connectivity index (χ0v) is 10.9. The van der Waals surface area contributed by atoms with Gasteiger partial charge in [0.05, 0.1) is 5.69 Å². The van der Waals surface area contributed by atoms with Crippen molar-refractivity contribution in [2.75, 3.05) is 7.05 Å². The maximum absolute atomic E-state index is 4.47. The predicted molar refractivity (Wildman–Crippen MR) is 72.6 cm³/mol. The summed E-state index contributed by atoms with van der Waals surface area (Å²) in [5, 5.41) is 7.93. The summed E-state index contributed by atoms with van der Waals surface area (Å²) in [6.07, 6.45) is 4.20. The number of aromatic nitrogens is 2. The second-order valence-electron chi connectivity index (χ2n) is 5.09.